The zero-order chi connectivity index (χ0) is 15.5. The van der Waals surface area contributed by atoms with Crippen LogP contribution in [0.25, 0.3) is 0 Å². The van der Waals surface area contributed by atoms with Crippen molar-refractivity contribution in [3.63, 3.8) is 0 Å². The van der Waals surface area contributed by atoms with Crippen molar-refractivity contribution in [2.24, 2.45) is 0 Å². The molecule has 0 saturated carbocycles. The second-order valence-corrected chi connectivity index (χ2v) is 6.48. The Labute approximate surface area is 131 Å². The van der Waals surface area contributed by atoms with E-state index in [1.54, 1.807) is 18.3 Å². The molecule has 0 saturated heterocycles. The fourth-order valence-electron chi connectivity index (χ4n) is 1.50. The summed E-state index contributed by atoms with van der Waals surface area (Å²) in [6, 6.07) is 4.53. The summed E-state index contributed by atoms with van der Waals surface area (Å²) in [5.74, 6) is 0.327. The zero-order valence-electron chi connectivity index (χ0n) is 12.2. The van der Waals surface area contributed by atoms with Crippen LogP contribution in [0.5, 0.6) is 11.6 Å². The van der Waals surface area contributed by atoms with E-state index in [2.05, 4.69) is 52.0 Å². The van der Waals surface area contributed by atoms with Crippen molar-refractivity contribution in [2.75, 3.05) is 0 Å². The molecule has 1 aromatic carbocycles. The molecule has 0 fully saturated rings. The van der Waals surface area contributed by atoms with E-state index >= 15 is 0 Å². The van der Waals surface area contributed by atoms with Crippen LogP contribution in [0.2, 0.25) is 0 Å². The van der Waals surface area contributed by atoms with E-state index in [1.807, 2.05) is 0 Å². The number of hydrogen-bond acceptors (Lipinski definition) is 4. The first-order chi connectivity index (χ1) is 9.83. The molecule has 0 bridgehead atoms. The van der Waals surface area contributed by atoms with Crippen LogP contribution < -0.4 is 10.1 Å². The summed E-state index contributed by atoms with van der Waals surface area (Å²) < 4.78 is 19.2. The summed E-state index contributed by atoms with van der Waals surface area (Å²) in [5, 5.41) is 3.32. The molecule has 6 heteroatoms. The van der Waals surface area contributed by atoms with E-state index in [-0.39, 0.29) is 11.4 Å². The zero-order valence-corrected chi connectivity index (χ0v) is 13.7. The smallest absolute Gasteiger partial charge is 0.237 e. The summed E-state index contributed by atoms with van der Waals surface area (Å²) in [6.07, 6.45) is 3.17. The number of rotatable bonds is 4. The van der Waals surface area contributed by atoms with Gasteiger partial charge in [0.05, 0.1) is 22.6 Å². The number of ether oxygens (including phenoxy) is 1. The molecule has 1 heterocycles. The quantitative estimate of drug-likeness (QED) is 0.900. The lowest BCUT2D eigenvalue weighted by Crippen LogP contribution is -2.35. The predicted octanol–water partition coefficient (Wildman–Crippen LogP) is 4.06. The first-order valence-electron chi connectivity index (χ1n) is 6.52. The van der Waals surface area contributed by atoms with Gasteiger partial charge in [-0.1, -0.05) is 0 Å². The molecule has 0 atom stereocenters. The van der Waals surface area contributed by atoms with Crippen molar-refractivity contribution in [3.05, 3.63) is 46.6 Å². The maximum atomic E-state index is 13.4. The van der Waals surface area contributed by atoms with Gasteiger partial charge in [-0.3, -0.25) is 4.98 Å². The van der Waals surface area contributed by atoms with Crippen LogP contribution in [-0.4, -0.2) is 15.5 Å². The lowest BCUT2D eigenvalue weighted by atomic mass is 10.1. The SMILES string of the molecule is CC(C)(C)NCc1cnc(Oc2ccc(Br)c(F)c2)cn1. The molecule has 2 aromatic rings. The van der Waals surface area contributed by atoms with Gasteiger partial charge in [-0.2, -0.15) is 0 Å². The summed E-state index contributed by atoms with van der Waals surface area (Å²) in [7, 11) is 0. The van der Waals surface area contributed by atoms with E-state index in [1.165, 1.54) is 12.3 Å². The molecular weight excluding hydrogens is 337 g/mol. The van der Waals surface area contributed by atoms with E-state index in [9.17, 15) is 4.39 Å². The van der Waals surface area contributed by atoms with Crippen molar-refractivity contribution >= 4 is 15.9 Å². The Kier molecular flexibility index (Phi) is 4.90. The Balaban J connectivity index is 2.00. The molecule has 2 rings (SSSR count). The molecule has 0 radical (unpaired) electrons. The van der Waals surface area contributed by atoms with Crippen molar-refractivity contribution in [1.82, 2.24) is 15.3 Å². The number of hydrogen-bond donors (Lipinski definition) is 1. The normalized spacial score (nSPS) is 11.5. The third-order valence-corrected chi connectivity index (χ3v) is 3.24. The Bertz CT molecular complexity index is 611. The fraction of sp³-hybridized carbons (Fsp3) is 0.333. The van der Waals surface area contributed by atoms with E-state index in [0.29, 0.717) is 22.6 Å². The van der Waals surface area contributed by atoms with E-state index in [0.717, 1.165) is 5.69 Å². The minimum Gasteiger partial charge on any atom is -0.437 e. The molecule has 21 heavy (non-hydrogen) atoms. The Morgan fingerprint density at radius 3 is 2.57 bits per heavy atom. The molecule has 0 aliphatic carbocycles. The molecule has 0 spiro atoms. The van der Waals surface area contributed by atoms with Gasteiger partial charge in [0.25, 0.3) is 0 Å². The number of benzene rings is 1. The molecule has 112 valence electrons. The minimum absolute atomic E-state index is 0.0196. The Morgan fingerprint density at radius 1 is 1.24 bits per heavy atom. The van der Waals surface area contributed by atoms with Crippen LogP contribution in [-0.2, 0) is 6.54 Å². The Hall–Kier alpha value is -1.53. The highest BCUT2D eigenvalue weighted by molar-refractivity contribution is 9.10. The second kappa shape index (κ2) is 6.49. The largest absolute Gasteiger partial charge is 0.437 e. The maximum Gasteiger partial charge on any atom is 0.237 e. The van der Waals surface area contributed by atoms with Gasteiger partial charge in [-0.05, 0) is 48.8 Å². The van der Waals surface area contributed by atoms with Gasteiger partial charge in [0, 0.05) is 18.2 Å². The molecule has 1 aromatic heterocycles. The molecule has 0 aliphatic heterocycles. The van der Waals surface area contributed by atoms with Gasteiger partial charge < -0.3 is 10.1 Å². The fourth-order valence-corrected chi connectivity index (χ4v) is 1.75. The highest BCUT2D eigenvalue weighted by Gasteiger charge is 2.09. The van der Waals surface area contributed by atoms with Crippen molar-refractivity contribution < 1.29 is 9.13 Å². The minimum atomic E-state index is -0.383. The van der Waals surface area contributed by atoms with Crippen molar-refractivity contribution in [2.45, 2.75) is 32.9 Å². The first kappa shape index (κ1) is 15.9. The van der Waals surface area contributed by atoms with Gasteiger partial charge >= 0.3 is 0 Å². The number of nitrogens with zero attached hydrogens (tertiary/aromatic N) is 2. The lowest BCUT2D eigenvalue weighted by Gasteiger charge is -2.19. The topological polar surface area (TPSA) is 47.0 Å². The highest BCUT2D eigenvalue weighted by atomic mass is 79.9. The third-order valence-electron chi connectivity index (χ3n) is 2.59. The monoisotopic (exact) mass is 353 g/mol. The highest BCUT2D eigenvalue weighted by Crippen LogP contribution is 2.24. The summed E-state index contributed by atoms with van der Waals surface area (Å²) >= 11 is 3.09. The van der Waals surface area contributed by atoms with Gasteiger partial charge in [-0.15, -0.1) is 0 Å². The van der Waals surface area contributed by atoms with Crippen LogP contribution in [0.4, 0.5) is 4.39 Å². The van der Waals surface area contributed by atoms with Crippen molar-refractivity contribution in [3.8, 4) is 11.6 Å². The maximum absolute atomic E-state index is 13.4. The van der Waals surface area contributed by atoms with Crippen LogP contribution in [0, 0.1) is 5.82 Å². The van der Waals surface area contributed by atoms with E-state index < -0.39 is 0 Å². The Morgan fingerprint density at radius 2 is 2.00 bits per heavy atom. The van der Waals surface area contributed by atoms with E-state index in [4.69, 9.17) is 4.74 Å². The van der Waals surface area contributed by atoms with Crippen LogP contribution in [0.15, 0.2) is 35.1 Å². The molecule has 4 nitrogen and oxygen atoms in total. The van der Waals surface area contributed by atoms with Crippen molar-refractivity contribution in [1.29, 1.82) is 0 Å². The number of halogens is 2. The summed E-state index contributed by atoms with van der Waals surface area (Å²) in [5.41, 5.74) is 0.838. The predicted molar refractivity (Wildman–Crippen MR) is 82.8 cm³/mol. The van der Waals surface area contributed by atoms with Gasteiger partial charge in [0.2, 0.25) is 5.88 Å². The summed E-state index contributed by atoms with van der Waals surface area (Å²) in [6.45, 7) is 6.88. The molecule has 0 amide bonds. The van der Waals surface area contributed by atoms with Gasteiger partial charge in [-0.25, -0.2) is 9.37 Å². The first-order valence-corrected chi connectivity index (χ1v) is 7.32. The number of nitrogens with one attached hydrogen (secondary N) is 1. The molecular formula is C15H17BrFN3O. The molecule has 0 unspecified atom stereocenters. The second-order valence-electron chi connectivity index (χ2n) is 5.63. The standard InChI is InChI=1S/C15H17BrFN3O/c1-15(2,3)20-8-10-7-19-14(9-18-10)21-11-4-5-12(16)13(17)6-11/h4-7,9,20H,8H2,1-3H3. The van der Waals surface area contributed by atoms with Crippen LogP contribution >= 0.6 is 15.9 Å². The van der Waals surface area contributed by atoms with Crippen LogP contribution in [0.3, 0.4) is 0 Å². The van der Waals surface area contributed by atoms with Crippen LogP contribution in [0.1, 0.15) is 26.5 Å². The van der Waals surface area contributed by atoms with Gasteiger partial charge in [0.1, 0.15) is 11.6 Å². The summed E-state index contributed by atoms with van der Waals surface area (Å²) in [4.78, 5) is 8.43. The number of aromatic nitrogens is 2. The molecule has 1 N–H and O–H groups in total. The van der Waals surface area contributed by atoms with Gasteiger partial charge in [0.15, 0.2) is 0 Å². The average molecular weight is 354 g/mol. The lowest BCUT2D eigenvalue weighted by molar-refractivity contribution is 0.418. The average Bonchev–Trinajstić information content (AvgIpc) is 2.41. The third kappa shape index (κ3) is 5.06. The molecule has 0 aliphatic rings.